The quantitative estimate of drug-likeness (QED) is 0.0695. The van der Waals surface area contributed by atoms with Crippen molar-refractivity contribution in [3.05, 3.63) is 0 Å². The van der Waals surface area contributed by atoms with Crippen LogP contribution in [0.3, 0.4) is 0 Å². The van der Waals surface area contributed by atoms with E-state index < -0.39 is 165 Å². The Labute approximate surface area is 295 Å². The standard InChI is InChI=1S/C30H50O22/c1-10-13(34)4-28(47,25(41)42)50-23(10)20(39)17(8-32)48-30(27(45)46)6-15(36)12(3)24(52-30)21(40)18(9-33)49-29(26(43)44)5-14(35)11(2)22(51-29)19(38)16(37)7-31/h10-24,31-40,47H,4-9H2,1-3H3,(H,41,42)(H,43,44)(H,45,46)/t10-,11-,12-,13-,14-,15-,16-,17-,18-,19?,20?,21?,22?,23?,24?,28-,29-,30-/m1/s1. The van der Waals surface area contributed by atoms with Gasteiger partial charge in [0.05, 0.1) is 56.4 Å². The molecule has 14 N–H and O–H groups in total. The van der Waals surface area contributed by atoms with Gasteiger partial charge in [-0.05, 0) is 0 Å². The summed E-state index contributed by atoms with van der Waals surface area (Å²) in [7, 11) is 0. The lowest BCUT2D eigenvalue weighted by Gasteiger charge is -2.49. The molecular formula is C30H50O22. The zero-order valence-electron chi connectivity index (χ0n) is 28.4. The van der Waals surface area contributed by atoms with E-state index in [-0.39, 0.29) is 0 Å². The molecule has 3 saturated heterocycles. The van der Waals surface area contributed by atoms with Crippen molar-refractivity contribution in [3.63, 3.8) is 0 Å². The zero-order valence-corrected chi connectivity index (χ0v) is 28.4. The van der Waals surface area contributed by atoms with Gasteiger partial charge in [-0.2, -0.15) is 0 Å². The van der Waals surface area contributed by atoms with Gasteiger partial charge in [-0.1, -0.05) is 20.8 Å². The molecule has 52 heavy (non-hydrogen) atoms. The van der Waals surface area contributed by atoms with E-state index in [9.17, 15) is 85.9 Å². The molecule has 22 heteroatoms. The minimum Gasteiger partial charge on any atom is -0.477 e. The Morgan fingerprint density at radius 1 is 0.596 bits per heavy atom. The fourth-order valence-electron chi connectivity index (χ4n) is 6.66. The first-order valence-corrected chi connectivity index (χ1v) is 16.5. The van der Waals surface area contributed by atoms with E-state index in [0.29, 0.717) is 0 Å². The average molecular weight is 763 g/mol. The number of aliphatic hydroxyl groups excluding tert-OH is 10. The van der Waals surface area contributed by atoms with Crippen molar-refractivity contribution in [3.8, 4) is 0 Å². The highest BCUT2D eigenvalue weighted by molar-refractivity contribution is 5.77. The normalized spacial score (nSPS) is 42.0. The molecule has 3 rings (SSSR count). The Bertz CT molecular complexity index is 1240. The minimum atomic E-state index is -3.04. The number of rotatable bonds is 16. The highest BCUT2D eigenvalue weighted by atomic mass is 16.8. The largest absolute Gasteiger partial charge is 0.477 e. The van der Waals surface area contributed by atoms with Crippen molar-refractivity contribution in [1.29, 1.82) is 0 Å². The summed E-state index contributed by atoms with van der Waals surface area (Å²) in [6.07, 6.45) is -25.3. The maximum Gasteiger partial charge on any atom is 0.364 e. The van der Waals surface area contributed by atoms with Crippen molar-refractivity contribution in [1.82, 2.24) is 0 Å². The Hall–Kier alpha value is -2.23. The van der Waals surface area contributed by atoms with E-state index in [4.69, 9.17) is 23.7 Å². The summed E-state index contributed by atoms with van der Waals surface area (Å²) in [6.45, 7) is 0.465. The predicted octanol–water partition coefficient (Wildman–Crippen LogP) is -6.13. The van der Waals surface area contributed by atoms with Gasteiger partial charge in [-0.25, -0.2) is 14.4 Å². The molecular weight excluding hydrogens is 712 g/mol. The van der Waals surface area contributed by atoms with E-state index in [0.717, 1.165) is 0 Å². The fourth-order valence-corrected chi connectivity index (χ4v) is 6.66. The number of aliphatic carboxylic acids is 3. The molecule has 3 aliphatic rings. The van der Waals surface area contributed by atoms with Crippen LogP contribution < -0.4 is 0 Å². The summed E-state index contributed by atoms with van der Waals surface area (Å²) in [5.74, 6) is -18.2. The van der Waals surface area contributed by atoms with Crippen LogP contribution in [0.2, 0.25) is 0 Å². The number of carbonyl (C=O) groups is 3. The van der Waals surface area contributed by atoms with E-state index in [1.54, 1.807) is 0 Å². The SMILES string of the molecule is C[C@H]1C(C(O)[C@H](O)CO)O[C@@](O[C@H](CO)C(O)C2O[C@@](O[C@H](CO)C(O)C3O[C@@](O)(C(=O)O)C[C@@H](O)[C@H]3C)(C(=O)O)C[C@@H](O)[C@H]2C)(C(=O)O)C[C@H]1O. The summed E-state index contributed by atoms with van der Waals surface area (Å²) in [4.78, 5) is 36.9. The van der Waals surface area contributed by atoms with Gasteiger partial charge in [-0.15, -0.1) is 0 Å². The molecule has 3 aliphatic heterocycles. The number of hydrogen-bond acceptors (Lipinski definition) is 19. The number of aliphatic hydroxyl groups is 11. The molecule has 0 amide bonds. The molecule has 0 bridgehead atoms. The van der Waals surface area contributed by atoms with Crippen LogP contribution in [0.4, 0.5) is 0 Å². The van der Waals surface area contributed by atoms with Crippen molar-refractivity contribution in [2.75, 3.05) is 19.8 Å². The Morgan fingerprint density at radius 2 is 0.942 bits per heavy atom. The second kappa shape index (κ2) is 17.1. The lowest BCUT2D eigenvalue weighted by molar-refractivity contribution is -0.362. The molecule has 0 aliphatic carbocycles. The van der Waals surface area contributed by atoms with Crippen LogP contribution in [0.5, 0.6) is 0 Å². The first-order valence-electron chi connectivity index (χ1n) is 16.5. The molecule has 22 nitrogen and oxygen atoms in total. The smallest absolute Gasteiger partial charge is 0.364 e. The molecule has 0 saturated carbocycles. The topological polar surface area (TPSA) is 381 Å². The number of carboxylic acid groups (broad SMARTS) is 3. The van der Waals surface area contributed by atoms with Gasteiger partial charge < -0.3 is 95.2 Å². The lowest BCUT2D eigenvalue weighted by Crippen LogP contribution is -2.66. The van der Waals surface area contributed by atoms with Gasteiger partial charge >= 0.3 is 17.9 Å². The number of hydrogen-bond donors (Lipinski definition) is 14. The van der Waals surface area contributed by atoms with Gasteiger partial charge in [0.15, 0.2) is 0 Å². The van der Waals surface area contributed by atoms with E-state index in [1.807, 2.05) is 0 Å². The summed E-state index contributed by atoms with van der Waals surface area (Å²) in [6, 6.07) is 0. The van der Waals surface area contributed by atoms with Crippen LogP contribution in [-0.4, -0.2) is 200 Å². The third-order valence-corrected chi connectivity index (χ3v) is 10.2. The van der Waals surface area contributed by atoms with Gasteiger partial charge in [0.1, 0.15) is 36.6 Å². The van der Waals surface area contributed by atoms with Crippen molar-refractivity contribution < 1.29 is 110 Å². The van der Waals surface area contributed by atoms with Crippen LogP contribution in [0.1, 0.15) is 40.0 Å². The number of ether oxygens (including phenoxy) is 5. The maximum atomic E-state index is 12.7. The van der Waals surface area contributed by atoms with Crippen LogP contribution in [-0.2, 0) is 38.1 Å². The highest BCUT2D eigenvalue weighted by Gasteiger charge is 2.60. The highest BCUT2D eigenvalue weighted by Crippen LogP contribution is 2.42. The van der Waals surface area contributed by atoms with Gasteiger partial charge in [0.25, 0.3) is 17.4 Å². The second-order valence-corrected chi connectivity index (χ2v) is 13.7. The van der Waals surface area contributed by atoms with Crippen molar-refractivity contribution in [2.45, 2.75) is 131 Å². The predicted molar refractivity (Wildman–Crippen MR) is 162 cm³/mol. The third-order valence-electron chi connectivity index (χ3n) is 10.2. The average Bonchev–Trinajstić information content (AvgIpc) is 3.09. The van der Waals surface area contributed by atoms with Crippen molar-refractivity contribution in [2.24, 2.45) is 17.8 Å². The van der Waals surface area contributed by atoms with Crippen LogP contribution in [0.15, 0.2) is 0 Å². The molecule has 3 heterocycles. The molecule has 3 fully saturated rings. The monoisotopic (exact) mass is 762 g/mol. The molecule has 0 aromatic carbocycles. The van der Waals surface area contributed by atoms with Crippen LogP contribution in [0.25, 0.3) is 0 Å². The molecule has 0 spiro atoms. The molecule has 0 aromatic heterocycles. The first kappa shape index (κ1) is 44.2. The summed E-state index contributed by atoms with van der Waals surface area (Å²) in [5.41, 5.74) is 0. The zero-order chi connectivity index (χ0) is 39.7. The van der Waals surface area contributed by atoms with E-state index in [1.165, 1.54) is 20.8 Å². The lowest BCUT2D eigenvalue weighted by atomic mass is 9.83. The van der Waals surface area contributed by atoms with Gasteiger partial charge in [0, 0.05) is 37.0 Å². The molecule has 302 valence electrons. The Kier molecular flexibility index (Phi) is 14.5. The summed E-state index contributed by atoms with van der Waals surface area (Å²) in [5, 5.41) is 145. The first-order chi connectivity index (χ1) is 24.0. The number of carboxylic acids is 3. The third kappa shape index (κ3) is 8.67. The molecule has 6 unspecified atom stereocenters. The molecule has 0 radical (unpaired) electrons. The molecule has 0 aromatic rings. The summed E-state index contributed by atoms with van der Waals surface area (Å²) >= 11 is 0. The Morgan fingerprint density at radius 3 is 1.27 bits per heavy atom. The van der Waals surface area contributed by atoms with E-state index >= 15 is 0 Å². The fraction of sp³-hybridized carbons (Fsp3) is 0.900. The summed E-state index contributed by atoms with van der Waals surface area (Å²) < 4.78 is 27.4. The Balaban J connectivity index is 1.94. The van der Waals surface area contributed by atoms with Gasteiger partial charge in [0.2, 0.25) is 0 Å². The minimum absolute atomic E-state index is 0.810. The van der Waals surface area contributed by atoms with Crippen LogP contribution in [0, 0.1) is 17.8 Å². The van der Waals surface area contributed by atoms with Gasteiger partial charge in [-0.3, -0.25) is 0 Å². The molecule has 18 atom stereocenters. The van der Waals surface area contributed by atoms with Crippen molar-refractivity contribution >= 4 is 17.9 Å². The van der Waals surface area contributed by atoms with Crippen LogP contribution >= 0.6 is 0 Å². The second-order valence-electron chi connectivity index (χ2n) is 13.7. The van der Waals surface area contributed by atoms with E-state index in [2.05, 4.69) is 0 Å². The maximum absolute atomic E-state index is 12.7.